The Morgan fingerprint density at radius 1 is 0.925 bits per heavy atom. The van der Waals surface area contributed by atoms with Crippen molar-refractivity contribution in [2.45, 2.75) is 45.3 Å². The Morgan fingerprint density at radius 3 is 2.15 bits per heavy atom. The number of anilines is 1. The zero-order valence-corrected chi connectivity index (χ0v) is 25.1. The van der Waals surface area contributed by atoms with Crippen LogP contribution in [0.5, 0.6) is 0 Å². The van der Waals surface area contributed by atoms with Crippen LogP contribution < -0.4 is 9.62 Å². The maximum atomic E-state index is 14.0. The molecule has 3 aromatic rings. The van der Waals surface area contributed by atoms with Crippen molar-refractivity contribution in [3.63, 3.8) is 0 Å². The van der Waals surface area contributed by atoms with Crippen LogP contribution in [0.1, 0.15) is 31.9 Å². The van der Waals surface area contributed by atoms with Gasteiger partial charge in [-0.2, -0.15) is 0 Å². The lowest BCUT2D eigenvalue weighted by Gasteiger charge is -2.35. The minimum Gasteiger partial charge on any atom is -0.350 e. The number of carbonyl (C=O) groups excluding carboxylic acids is 2. The van der Waals surface area contributed by atoms with E-state index in [2.05, 4.69) is 21.2 Å². The summed E-state index contributed by atoms with van der Waals surface area (Å²) >= 11 is 3.42. The molecule has 0 heterocycles. The maximum Gasteiger partial charge on any atom is 0.244 e. The van der Waals surface area contributed by atoms with E-state index in [9.17, 15) is 26.8 Å². The summed E-state index contributed by atoms with van der Waals surface area (Å²) in [6.45, 7) is 4.72. The van der Waals surface area contributed by atoms with Crippen LogP contribution in [-0.2, 0) is 32.6 Å². The Labute approximate surface area is 242 Å². The molecule has 0 bridgehead atoms. The number of nitrogens with one attached hydrogen (secondary N) is 1. The minimum atomic E-state index is -4.10. The molecule has 0 radical (unpaired) electrons. The Hall–Kier alpha value is -3.31. The quantitative estimate of drug-likeness (QED) is 0.338. The van der Waals surface area contributed by atoms with Crippen LogP contribution in [0.15, 0.2) is 77.3 Å². The van der Waals surface area contributed by atoms with E-state index in [4.69, 9.17) is 0 Å². The first-order chi connectivity index (χ1) is 18.6. The number of amides is 2. The number of carbonyl (C=O) groups is 2. The van der Waals surface area contributed by atoms with Crippen LogP contribution >= 0.6 is 15.9 Å². The largest absolute Gasteiger partial charge is 0.350 e. The van der Waals surface area contributed by atoms with Gasteiger partial charge in [-0.05, 0) is 56.2 Å². The fraction of sp³-hybridized carbons (Fsp3) is 0.310. The number of sulfonamides is 1. The highest BCUT2D eigenvalue weighted by Gasteiger charge is 2.34. The lowest BCUT2D eigenvalue weighted by molar-refractivity contribution is -0.140. The standard InChI is InChI=1S/C29H32BrF2N3O4S/c1-29(2,3)33-28(37)26(16-20-9-6-5-7-10-20)34(18-21-11-8-12-22(30)15-21)27(36)19-35(40(4,38)39)23-13-14-24(31)25(32)17-23/h5-15,17,26H,16,18-19H2,1-4H3,(H,33,37)/t26-/m0/s1. The summed E-state index contributed by atoms with van der Waals surface area (Å²) in [5, 5.41) is 2.94. The van der Waals surface area contributed by atoms with Crippen LogP contribution in [-0.4, -0.2) is 49.5 Å². The summed E-state index contributed by atoms with van der Waals surface area (Å²) in [7, 11) is -4.10. The van der Waals surface area contributed by atoms with Crippen molar-refractivity contribution in [2.75, 3.05) is 17.1 Å². The fourth-order valence-electron chi connectivity index (χ4n) is 4.09. The highest BCUT2D eigenvalue weighted by atomic mass is 79.9. The van der Waals surface area contributed by atoms with Crippen LogP contribution in [0.2, 0.25) is 0 Å². The molecule has 0 saturated heterocycles. The third kappa shape index (κ3) is 8.85. The van der Waals surface area contributed by atoms with Crippen molar-refractivity contribution in [3.05, 3.63) is 100 Å². The van der Waals surface area contributed by atoms with Gasteiger partial charge in [-0.1, -0.05) is 58.4 Å². The molecule has 0 fully saturated rings. The van der Waals surface area contributed by atoms with Gasteiger partial charge >= 0.3 is 0 Å². The lowest BCUT2D eigenvalue weighted by atomic mass is 10.0. The van der Waals surface area contributed by atoms with E-state index in [1.54, 1.807) is 18.2 Å². The average molecular weight is 637 g/mol. The fourth-order valence-corrected chi connectivity index (χ4v) is 5.38. The second-order valence-electron chi connectivity index (χ2n) is 10.5. The van der Waals surface area contributed by atoms with Gasteiger partial charge in [-0.25, -0.2) is 17.2 Å². The summed E-state index contributed by atoms with van der Waals surface area (Å²) in [5.41, 5.74) is 0.671. The number of nitrogens with zero attached hydrogens (tertiary/aromatic N) is 2. The molecule has 2 amide bonds. The molecule has 7 nitrogen and oxygen atoms in total. The van der Waals surface area contributed by atoms with Crippen LogP contribution in [0.4, 0.5) is 14.5 Å². The number of hydrogen-bond donors (Lipinski definition) is 1. The van der Waals surface area contributed by atoms with Crippen LogP contribution in [0.3, 0.4) is 0 Å². The molecule has 214 valence electrons. The molecular weight excluding hydrogens is 604 g/mol. The third-order valence-corrected chi connectivity index (χ3v) is 7.52. The highest BCUT2D eigenvalue weighted by molar-refractivity contribution is 9.10. The normalized spacial score (nSPS) is 12.5. The van der Waals surface area contributed by atoms with Crippen LogP contribution in [0.25, 0.3) is 0 Å². The predicted octanol–water partition coefficient (Wildman–Crippen LogP) is 5.05. The molecular formula is C29H32BrF2N3O4S. The van der Waals surface area contributed by atoms with E-state index < -0.39 is 51.6 Å². The summed E-state index contributed by atoms with van der Waals surface area (Å²) in [4.78, 5) is 29.0. The minimum absolute atomic E-state index is 0.0112. The molecule has 3 rings (SSSR count). The average Bonchev–Trinajstić information content (AvgIpc) is 2.85. The molecule has 0 aliphatic rings. The summed E-state index contributed by atoms with van der Waals surface area (Å²) in [6.07, 6.45) is 1.03. The van der Waals surface area contributed by atoms with Crippen LogP contribution in [0, 0.1) is 11.6 Å². The van der Waals surface area contributed by atoms with E-state index in [-0.39, 0.29) is 18.7 Å². The molecule has 1 N–H and O–H groups in total. The zero-order valence-electron chi connectivity index (χ0n) is 22.7. The predicted molar refractivity (Wildman–Crippen MR) is 155 cm³/mol. The van der Waals surface area contributed by atoms with Gasteiger partial charge in [0, 0.05) is 29.0 Å². The smallest absolute Gasteiger partial charge is 0.244 e. The van der Waals surface area contributed by atoms with Crippen molar-refractivity contribution < 1.29 is 26.8 Å². The highest BCUT2D eigenvalue weighted by Crippen LogP contribution is 2.23. The molecule has 0 aliphatic heterocycles. The first kappa shape index (κ1) is 31.2. The lowest BCUT2D eigenvalue weighted by Crippen LogP contribution is -2.56. The van der Waals surface area contributed by atoms with E-state index in [0.29, 0.717) is 9.87 Å². The van der Waals surface area contributed by atoms with Gasteiger partial charge in [0.25, 0.3) is 0 Å². The molecule has 0 unspecified atom stereocenters. The molecule has 11 heteroatoms. The topological polar surface area (TPSA) is 86.8 Å². The maximum absolute atomic E-state index is 14.0. The molecule has 0 spiro atoms. The van der Waals surface area contributed by atoms with Crippen molar-refractivity contribution in [2.24, 2.45) is 0 Å². The third-order valence-electron chi connectivity index (χ3n) is 5.88. The summed E-state index contributed by atoms with van der Waals surface area (Å²) in [5.74, 6) is -3.52. The van der Waals surface area contributed by atoms with Gasteiger partial charge in [0.2, 0.25) is 21.8 Å². The van der Waals surface area contributed by atoms with Gasteiger partial charge in [-0.3, -0.25) is 13.9 Å². The second-order valence-corrected chi connectivity index (χ2v) is 13.3. The Balaban J connectivity index is 2.09. The van der Waals surface area contributed by atoms with E-state index in [1.165, 1.54) is 4.90 Å². The molecule has 0 aromatic heterocycles. The van der Waals surface area contributed by atoms with Gasteiger partial charge < -0.3 is 10.2 Å². The summed E-state index contributed by atoms with van der Waals surface area (Å²) < 4.78 is 54.5. The Kier molecular flexibility index (Phi) is 10.1. The second kappa shape index (κ2) is 12.9. The van der Waals surface area contributed by atoms with Crippen molar-refractivity contribution in [1.29, 1.82) is 0 Å². The molecule has 1 atom stereocenters. The summed E-state index contributed by atoms with van der Waals surface area (Å²) in [6, 6.07) is 17.9. The van der Waals surface area contributed by atoms with E-state index in [0.717, 1.165) is 34.5 Å². The Bertz CT molecular complexity index is 1460. The number of halogens is 3. The molecule has 0 aliphatic carbocycles. The monoisotopic (exact) mass is 635 g/mol. The number of benzene rings is 3. The Morgan fingerprint density at radius 2 is 1.57 bits per heavy atom. The SMILES string of the molecule is CC(C)(C)NC(=O)[C@H](Cc1ccccc1)N(Cc1cccc(Br)c1)C(=O)CN(c1ccc(F)c(F)c1)S(C)(=O)=O. The van der Waals surface area contributed by atoms with Crippen molar-refractivity contribution in [1.82, 2.24) is 10.2 Å². The van der Waals surface area contributed by atoms with Gasteiger partial charge in [0.1, 0.15) is 12.6 Å². The first-order valence-electron chi connectivity index (χ1n) is 12.5. The van der Waals surface area contributed by atoms with Crippen molar-refractivity contribution >= 4 is 43.5 Å². The van der Waals surface area contributed by atoms with Crippen molar-refractivity contribution in [3.8, 4) is 0 Å². The molecule has 40 heavy (non-hydrogen) atoms. The number of rotatable bonds is 10. The van der Waals surface area contributed by atoms with Gasteiger partial charge in [0.15, 0.2) is 11.6 Å². The zero-order chi connectivity index (χ0) is 29.7. The van der Waals surface area contributed by atoms with E-state index >= 15 is 0 Å². The van der Waals surface area contributed by atoms with Gasteiger partial charge in [-0.15, -0.1) is 0 Å². The first-order valence-corrected chi connectivity index (χ1v) is 15.1. The molecule has 3 aromatic carbocycles. The van der Waals surface area contributed by atoms with E-state index in [1.807, 2.05) is 57.2 Å². The van der Waals surface area contributed by atoms with Gasteiger partial charge in [0.05, 0.1) is 11.9 Å². The number of hydrogen-bond acceptors (Lipinski definition) is 4. The molecule has 0 saturated carbocycles.